The topological polar surface area (TPSA) is 29.1 Å². The van der Waals surface area contributed by atoms with E-state index in [1.807, 2.05) is 12.3 Å². The maximum atomic E-state index is 12.2. The number of hydrogen-bond donors (Lipinski definition) is 1. The van der Waals surface area contributed by atoms with Crippen molar-refractivity contribution in [1.82, 2.24) is 0 Å². The molecule has 0 radical (unpaired) electrons. The Morgan fingerprint density at radius 3 is 2.45 bits per heavy atom. The molecule has 6 heteroatoms. The molecule has 2 rings (SSSR count). The summed E-state index contributed by atoms with van der Waals surface area (Å²) in [7, 11) is 0. The molecule has 0 aromatic heterocycles. The van der Waals surface area contributed by atoms with Crippen molar-refractivity contribution in [3.63, 3.8) is 0 Å². The van der Waals surface area contributed by atoms with Crippen molar-refractivity contribution in [2.24, 2.45) is 0 Å². The van der Waals surface area contributed by atoms with Gasteiger partial charge in [-0.3, -0.25) is 4.79 Å². The normalized spacial score (nSPS) is 10.4. The minimum Gasteiger partial charge on any atom is -0.321 e. The summed E-state index contributed by atoms with van der Waals surface area (Å²) in [5, 5.41) is 4.00. The van der Waals surface area contributed by atoms with Gasteiger partial charge in [0.1, 0.15) is 0 Å². The van der Waals surface area contributed by atoms with Crippen LogP contribution in [0.25, 0.3) is 0 Å². The number of hydrogen-bond acceptors (Lipinski definition) is 2. The van der Waals surface area contributed by atoms with Gasteiger partial charge in [0.2, 0.25) is 0 Å². The fraction of sp³-hybridized carbons (Fsp3) is 0.0714. The van der Waals surface area contributed by atoms with Crippen LogP contribution in [-0.4, -0.2) is 12.2 Å². The van der Waals surface area contributed by atoms with E-state index in [2.05, 4.69) is 5.32 Å². The van der Waals surface area contributed by atoms with Crippen molar-refractivity contribution < 1.29 is 4.79 Å². The maximum absolute atomic E-state index is 12.2. The van der Waals surface area contributed by atoms with Crippen LogP contribution in [-0.2, 0) is 0 Å². The predicted octanol–water partition coefficient (Wildman–Crippen LogP) is 5.62. The first-order valence-corrected chi connectivity index (χ1v) is 7.97. The van der Waals surface area contributed by atoms with Gasteiger partial charge < -0.3 is 5.32 Å². The first-order valence-electron chi connectivity index (χ1n) is 5.61. The molecule has 104 valence electrons. The van der Waals surface area contributed by atoms with Gasteiger partial charge in [0.25, 0.3) is 5.91 Å². The molecule has 0 bridgehead atoms. The van der Waals surface area contributed by atoms with Crippen LogP contribution in [0.5, 0.6) is 0 Å². The molecule has 0 atom stereocenters. The summed E-state index contributed by atoms with van der Waals surface area (Å²) in [6.07, 6.45) is 1.93. The summed E-state index contributed by atoms with van der Waals surface area (Å²) in [4.78, 5) is 13.2. The third-order valence-corrected chi connectivity index (χ3v) is 4.20. The fourth-order valence-corrected chi connectivity index (χ4v) is 2.68. The van der Waals surface area contributed by atoms with Gasteiger partial charge in [-0.1, -0.05) is 34.8 Å². The second-order valence-corrected chi connectivity index (χ2v) is 6.05. The van der Waals surface area contributed by atoms with E-state index in [4.69, 9.17) is 34.8 Å². The Kier molecular flexibility index (Phi) is 5.22. The fourth-order valence-electron chi connectivity index (χ4n) is 1.59. The van der Waals surface area contributed by atoms with E-state index in [1.54, 1.807) is 30.3 Å². The molecule has 2 aromatic carbocycles. The Labute approximate surface area is 136 Å². The number of benzene rings is 2. The highest BCUT2D eigenvalue weighted by Gasteiger charge is 2.13. The van der Waals surface area contributed by atoms with E-state index in [1.165, 1.54) is 11.8 Å². The Morgan fingerprint density at radius 2 is 1.80 bits per heavy atom. The maximum Gasteiger partial charge on any atom is 0.257 e. The molecule has 0 aliphatic carbocycles. The lowest BCUT2D eigenvalue weighted by Gasteiger charge is -2.09. The smallest absolute Gasteiger partial charge is 0.257 e. The van der Waals surface area contributed by atoms with E-state index < -0.39 is 0 Å². The number of anilines is 1. The molecular weight excluding hydrogens is 337 g/mol. The van der Waals surface area contributed by atoms with Gasteiger partial charge in [-0.05, 0) is 42.7 Å². The van der Waals surface area contributed by atoms with Crippen molar-refractivity contribution in [1.29, 1.82) is 0 Å². The second-order valence-electron chi connectivity index (χ2n) is 3.92. The van der Waals surface area contributed by atoms with Crippen molar-refractivity contribution in [2.45, 2.75) is 4.90 Å². The van der Waals surface area contributed by atoms with Crippen molar-refractivity contribution in [3.8, 4) is 0 Å². The zero-order valence-electron chi connectivity index (χ0n) is 10.4. The standard InChI is InChI=1S/C14H10Cl3NOS/c1-20-9-3-4-11(16)10(7-9)14(19)18-13-5-2-8(15)6-12(13)17/h2-7H,1H3,(H,18,19). The molecule has 2 nitrogen and oxygen atoms in total. The number of amides is 1. The molecule has 0 aliphatic rings. The molecule has 0 spiro atoms. The number of nitrogens with one attached hydrogen (secondary N) is 1. The van der Waals surface area contributed by atoms with Crippen molar-refractivity contribution in [2.75, 3.05) is 11.6 Å². The molecule has 1 N–H and O–H groups in total. The minimum atomic E-state index is -0.310. The lowest BCUT2D eigenvalue weighted by molar-refractivity contribution is 0.102. The van der Waals surface area contributed by atoms with Crippen LogP contribution in [0, 0.1) is 0 Å². The molecule has 1 amide bonds. The molecule has 0 saturated carbocycles. The highest BCUT2D eigenvalue weighted by Crippen LogP contribution is 2.28. The van der Waals surface area contributed by atoms with E-state index in [-0.39, 0.29) is 5.91 Å². The van der Waals surface area contributed by atoms with E-state index in [0.29, 0.717) is 26.3 Å². The lowest BCUT2D eigenvalue weighted by atomic mass is 10.2. The van der Waals surface area contributed by atoms with Gasteiger partial charge in [-0.2, -0.15) is 0 Å². The zero-order chi connectivity index (χ0) is 14.7. The largest absolute Gasteiger partial charge is 0.321 e. The van der Waals surface area contributed by atoms with Gasteiger partial charge in [-0.15, -0.1) is 11.8 Å². The van der Waals surface area contributed by atoms with Gasteiger partial charge >= 0.3 is 0 Å². The van der Waals surface area contributed by atoms with Crippen LogP contribution in [0.15, 0.2) is 41.3 Å². The van der Waals surface area contributed by atoms with Crippen LogP contribution in [0.2, 0.25) is 15.1 Å². The first-order chi connectivity index (χ1) is 9.51. The van der Waals surface area contributed by atoms with Crippen LogP contribution in [0.1, 0.15) is 10.4 Å². The average molecular weight is 347 g/mol. The van der Waals surface area contributed by atoms with Gasteiger partial charge in [0.15, 0.2) is 0 Å². The zero-order valence-corrected chi connectivity index (χ0v) is 13.5. The molecule has 20 heavy (non-hydrogen) atoms. The Hall–Kier alpha value is -0.870. The number of carbonyl (C=O) groups is 1. The average Bonchev–Trinajstić information content (AvgIpc) is 2.42. The number of rotatable bonds is 3. The Morgan fingerprint density at radius 1 is 1.05 bits per heavy atom. The Bertz CT molecular complexity index is 661. The highest BCUT2D eigenvalue weighted by molar-refractivity contribution is 7.98. The van der Waals surface area contributed by atoms with Crippen LogP contribution >= 0.6 is 46.6 Å². The number of halogens is 3. The summed E-state index contributed by atoms with van der Waals surface area (Å²) in [6, 6.07) is 10.2. The number of carbonyl (C=O) groups excluding carboxylic acids is 1. The van der Waals surface area contributed by atoms with Gasteiger partial charge in [0, 0.05) is 9.92 Å². The third-order valence-electron chi connectivity index (χ3n) is 2.60. The van der Waals surface area contributed by atoms with E-state index in [9.17, 15) is 4.79 Å². The van der Waals surface area contributed by atoms with Gasteiger partial charge in [0.05, 0.1) is 21.3 Å². The molecular formula is C14H10Cl3NOS. The molecule has 0 unspecified atom stereocenters. The van der Waals surface area contributed by atoms with Crippen LogP contribution in [0.3, 0.4) is 0 Å². The molecule has 0 aliphatic heterocycles. The molecule has 0 fully saturated rings. The summed E-state index contributed by atoms with van der Waals surface area (Å²) in [5.74, 6) is -0.310. The third kappa shape index (κ3) is 3.61. The molecule has 0 saturated heterocycles. The minimum absolute atomic E-state index is 0.310. The van der Waals surface area contributed by atoms with E-state index >= 15 is 0 Å². The quantitative estimate of drug-likeness (QED) is 0.731. The van der Waals surface area contributed by atoms with Crippen molar-refractivity contribution in [3.05, 3.63) is 57.0 Å². The van der Waals surface area contributed by atoms with Crippen LogP contribution < -0.4 is 5.32 Å². The Balaban J connectivity index is 2.28. The highest BCUT2D eigenvalue weighted by atomic mass is 35.5. The monoisotopic (exact) mass is 345 g/mol. The molecule has 0 heterocycles. The summed E-state index contributed by atoms with van der Waals surface area (Å²) >= 11 is 19.4. The summed E-state index contributed by atoms with van der Waals surface area (Å²) in [5.41, 5.74) is 0.899. The SMILES string of the molecule is CSc1ccc(Cl)c(C(=O)Nc2ccc(Cl)cc2Cl)c1. The summed E-state index contributed by atoms with van der Waals surface area (Å²) < 4.78 is 0. The lowest BCUT2D eigenvalue weighted by Crippen LogP contribution is -2.12. The van der Waals surface area contributed by atoms with Crippen molar-refractivity contribution >= 4 is 58.2 Å². The second kappa shape index (κ2) is 6.72. The van der Waals surface area contributed by atoms with Gasteiger partial charge in [-0.25, -0.2) is 0 Å². The van der Waals surface area contributed by atoms with Crippen LogP contribution in [0.4, 0.5) is 5.69 Å². The number of thioether (sulfide) groups is 1. The first kappa shape index (κ1) is 15.5. The van der Waals surface area contributed by atoms with E-state index in [0.717, 1.165) is 4.90 Å². The molecule has 2 aromatic rings. The summed E-state index contributed by atoms with van der Waals surface area (Å²) in [6.45, 7) is 0. The predicted molar refractivity (Wildman–Crippen MR) is 87.6 cm³/mol.